The number of benzene rings is 2. The molecule has 0 aliphatic rings. The van der Waals surface area contributed by atoms with Gasteiger partial charge < -0.3 is 4.98 Å². The van der Waals surface area contributed by atoms with Crippen LogP contribution in [0.25, 0.3) is 22.2 Å². The average Bonchev–Trinajstić information content (AvgIpc) is 2.79. The predicted molar refractivity (Wildman–Crippen MR) is 76.8 cm³/mol. The summed E-state index contributed by atoms with van der Waals surface area (Å²) in [6, 6.07) is 17.0. The van der Waals surface area contributed by atoms with Gasteiger partial charge in [-0.25, -0.2) is 8.42 Å². The molecule has 0 atom stereocenters. The third kappa shape index (κ3) is 2.04. The number of fused-ring (bicyclic) bond motifs is 1. The molecule has 0 saturated heterocycles. The van der Waals surface area contributed by atoms with Crippen LogP contribution in [-0.2, 0) is 9.84 Å². The average molecular weight is 271 g/mol. The van der Waals surface area contributed by atoms with E-state index in [0.717, 1.165) is 16.5 Å². The van der Waals surface area contributed by atoms with Crippen molar-refractivity contribution in [2.45, 2.75) is 4.90 Å². The largest absolute Gasteiger partial charge is 0.353 e. The van der Waals surface area contributed by atoms with Crippen molar-refractivity contribution in [2.75, 3.05) is 6.26 Å². The molecule has 0 unspecified atom stereocenters. The molecule has 1 heterocycles. The smallest absolute Gasteiger partial charge is 0.178 e. The molecule has 0 spiro atoms. The van der Waals surface area contributed by atoms with Crippen LogP contribution in [0.4, 0.5) is 0 Å². The Balaban J connectivity index is 2.43. The highest BCUT2D eigenvalue weighted by atomic mass is 32.2. The van der Waals surface area contributed by atoms with Gasteiger partial charge in [0.15, 0.2) is 9.84 Å². The molecule has 0 saturated carbocycles. The predicted octanol–water partition coefficient (Wildman–Crippen LogP) is 3.24. The Morgan fingerprint density at radius 1 is 0.895 bits per heavy atom. The highest BCUT2D eigenvalue weighted by Crippen LogP contribution is 2.33. The first-order valence-electron chi connectivity index (χ1n) is 5.93. The fourth-order valence-electron chi connectivity index (χ4n) is 2.31. The van der Waals surface area contributed by atoms with Crippen LogP contribution in [0.3, 0.4) is 0 Å². The molecule has 1 aromatic heterocycles. The summed E-state index contributed by atoms with van der Waals surface area (Å²) in [7, 11) is -3.30. The topological polar surface area (TPSA) is 49.9 Å². The van der Waals surface area contributed by atoms with E-state index < -0.39 is 9.84 Å². The third-order valence-corrected chi connectivity index (χ3v) is 4.26. The minimum absolute atomic E-state index is 0.370. The fraction of sp³-hybridized carbons (Fsp3) is 0.0667. The Bertz CT molecular complexity index is 833. The van der Waals surface area contributed by atoms with Crippen molar-refractivity contribution in [2.24, 2.45) is 0 Å². The lowest BCUT2D eigenvalue weighted by molar-refractivity contribution is 0.603. The second-order valence-corrected chi connectivity index (χ2v) is 6.47. The maximum Gasteiger partial charge on any atom is 0.178 e. The third-order valence-electron chi connectivity index (χ3n) is 3.09. The Morgan fingerprint density at radius 3 is 2.21 bits per heavy atom. The number of hydrogen-bond donors (Lipinski definition) is 1. The highest BCUT2D eigenvalue weighted by Gasteiger charge is 2.20. The van der Waals surface area contributed by atoms with Gasteiger partial charge >= 0.3 is 0 Å². The van der Waals surface area contributed by atoms with Crippen molar-refractivity contribution >= 4 is 20.7 Å². The van der Waals surface area contributed by atoms with Crippen molar-refractivity contribution < 1.29 is 8.42 Å². The monoisotopic (exact) mass is 271 g/mol. The van der Waals surface area contributed by atoms with E-state index in [4.69, 9.17) is 0 Å². The van der Waals surface area contributed by atoms with Crippen molar-refractivity contribution in [1.82, 2.24) is 4.98 Å². The molecular weight excluding hydrogens is 258 g/mol. The quantitative estimate of drug-likeness (QED) is 0.778. The van der Waals surface area contributed by atoms with E-state index in [9.17, 15) is 8.42 Å². The summed E-state index contributed by atoms with van der Waals surface area (Å²) in [5.74, 6) is 0. The van der Waals surface area contributed by atoms with Crippen LogP contribution in [0.15, 0.2) is 59.5 Å². The summed E-state index contributed by atoms with van der Waals surface area (Å²) in [5, 5.41) is 0.740. The number of rotatable bonds is 2. The van der Waals surface area contributed by atoms with E-state index in [0.29, 0.717) is 10.6 Å². The maximum absolute atomic E-state index is 12.1. The van der Waals surface area contributed by atoms with Crippen LogP contribution in [-0.4, -0.2) is 19.7 Å². The minimum Gasteiger partial charge on any atom is -0.353 e. The van der Waals surface area contributed by atoms with Crippen LogP contribution < -0.4 is 0 Å². The van der Waals surface area contributed by atoms with Crippen molar-refractivity contribution in [1.29, 1.82) is 0 Å². The van der Waals surface area contributed by atoms with E-state index in [1.165, 1.54) is 6.26 Å². The van der Waals surface area contributed by atoms with Crippen LogP contribution in [0.2, 0.25) is 0 Å². The zero-order valence-corrected chi connectivity index (χ0v) is 11.2. The normalized spacial score (nSPS) is 11.8. The zero-order chi connectivity index (χ0) is 13.5. The minimum atomic E-state index is -3.30. The molecule has 3 rings (SSSR count). The fourth-order valence-corrected chi connectivity index (χ4v) is 3.43. The van der Waals surface area contributed by atoms with Crippen LogP contribution >= 0.6 is 0 Å². The Labute approximate surface area is 111 Å². The molecule has 1 N–H and O–H groups in total. The van der Waals surface area contributed by atoms with Gasteiger partial charge in [0.1, 0.15) is 0 Å². The first kappa shape index (κ1) is 12.0. The second kappa shape index (κ2) is 4.24. The Hall–Kier alpha value is -2.07. The Kier molecular flexibility index (Phi) is 2.68. The Morgan fingerprint density at radius 2 is 1.53 bits per heavy atom. The van der Waals surface area contributed by atoms with Gasteiger partial charge in [0, 0.05) is 17.2 Å². The molecule has 3 nitrogen and oxygen atoms in total. The maximum atomic E-state index is 12.1. The lowest BCUT2D eigenvalue weighted by Crippen LogP contribution is -1.98. The molecule has 0 radical (unpaired) electrons. The molecule has 0 aliphatic carbocycles. The lowest BCUT2D eigenvalue weighted by atomic mass is 10.1. The summed E-state index contributed by atoms with van der Waals surface area (Å²) in [5.41, 5.74) is 2.37. The van der Waals surface area contributed by atoms with Crippen molar-refractivity contribution in [3.8, 4) is 11.3 Å². The summed E-state index contributed by atoms with van der Waals surface area (Å²) in [6.45, 7) is 0. The number of aromatic amines is 1. The van der Waals surface area contributed by atoms with Gasteiger partial charge in [-0.1, -0.05) is 48.5 Å². The van der Waals surface area contributed by atoms with Gasteiger partial charge in [-0.3, -0.25) is 0 Å². The first-order chi connectivity index (χ1) is 9.07. The number of nitrogens with one attached hydrogen (secondary N) is 1. The number of para-hydroxylation sites is 1. The van der Waals surface area contributed by atoms with Crippen molar-refractivity contribution in [3.05, 3.63) is 54.6 Å². The summed E-state index contributed by atoms with van der Waals surface area (Å²) >= 11 is 0. The van der Waals surface area contributed by atoms with E-state index >= 15 is 0 Å². The molecule has 0 fully saturated rings. The van der Waals surface area contributed by atoms with Crippen LogP contribution in [0.5, 0.6) is 0 Å². The molecule has 4 heteroatoms. The van der Waals surface area contributed by atoms with Crippen LogP contribution in [0.1, 0.15) is 0 Å². The second-order valence-electron chi connectivity index (χ2n) is 4.51. The number of H-pyrrole nitrogens is 1. The molecule has 2 aromatic carbocycles. The van der Waals surface area contributed by atoms with Gasteiger partial charge in [0.05, 0.1) is 10.6 Å². The van der Waals surface area contributed by atoms with E-state index in [1.807, 2.05) is 54.6 Å². The first-order valence-corrected chi connectivity index (χ1v) is 7.83. The highest BCUT2D eigenvalue weighted by molar-refractivity contribution is 7.91. The molecular formula is C15H13NO2S. The molecule has 19 heavy (non-hydrogen) atoms. The number of hydrogen-bond acceptors (Lipinski definition) is 2. The summed E-state index contributed by atoms with van der Waals surface area (Å²) in [4.78, 5) is 3.58. The van der Waals surface area contributed by atoms with Gasteiger partial charge in [-0.2, -0.15) is 0 Å². The zero-order valence-electron chi connectivity index (χ0n) is 10.4. The van der Waals surface area contributed by atoms with E-state index in [1.54, 1.807) is 0 Å². The molecule has 0 amide bonds. The molecule has 3 aromatic rings. The molecule has 0 bridgehead atoms. The molecule has 0 aliphatic heterocycles. The van der Waals surface area contributed by atoms with Crippen LogP contribution in [0, 0.1) is 0 Å². The van der Waals surface area contributed by atoms with Gasteiger partial charge in [0.25, 0.3) is 0 Å². The summed E-state index contributed by atoms with van der Waals surface area (Å²) < 4.78 is 24.2. The van der Waals surface area contributed by atoms with Gasteiger partial charge in [0.2, 0.25) is 0 Å². The SMILES string of the molecule is CS(=O)(=O)c1c(-c2ccccc2)[nH]c2ccccc12. The van der Waals surface area contributed by atoms with E-state index in [-0.39, 0.29) is 0 Å². The molecule has 96 valence electrons. The van der Waals surface area contributed by atoms with Gasteiger partial charge in [-0.05, 0) is 11.6 Å². The standard InChI is InChI=1S/C15H13NO2S/c1-19(17,18)15-12-9-5-6-10-13(12)16-14(15)11-7-3-2-4-8-11/h2-10,16H,1H3. The summed E-state index contributed by atoms with van der Waals surface area (Å²) in [6.07, 6.45) is 1.25. The van der Waals surface area contributed by atoms with E-state index in [2.05, 4.69) is 4.98 Å². The number of aromatic nitrogens is 1. The lowest BCUT2D eigenvalue weighted by Gasteiger charge is -2.02. The van der Waals surface area contributed by atoms with Gasteiger partial charge in [-0.15, -0.1) is 0 Å². The number of sulfone groups is 1. The van der Waals surface area contributed by atoms with Crippen molar-refractivity contribution in [3.63, 3.8) is 0 Å².